The van der Waals surface area contributed by atoms with Crippen molar-refractivity contribution in [2.75, 3.05) is 13.7 Å². The van der Waals surface area contributed by atoms with Gasteiger partial charge in [0.25, 0.3) is 0 Å². The van der Waals surface area contributed by atoms with E-state index in [1.807, 2.05) is 13.8 Å². The summed E-state index contributed by atoms with van der Waals surface area (Å²) in [5, 5.41) is 2.80. The Morgan fingerprint density at radius 2 is 2.00 bits per heavy atom. The molecule has 0 rings (SSSR count). The number of hydrogen-bond acceptors (Lipinski definition) is 3. The molecule has 3 N–H and O–H groups in total. The van der Waals surface area contributed by atoms with Crippen molar-refractivity contribution in [2.45, 2.75) is 32.2 Å². The summed E-state index contributed by atoms with van der Waals surface area (Å²) in [6.07, 6.45) is 1.38. The van der Waals surface area contributed by atoms with Crippen LogP contribution in [0, 0.1) is 0 Å². The van der Waals surface area contributed by atoms with Gasteiger partial charge in [0.2, 0.25) is 5.91 Å². The van der Waals surface area contributed by atoms with Gasteiger partial charge in [-0.2, -0.15) is 0 Å². The third-order valence-electron chi connectivity index (χ3n) is 2.33. The first-order valence-corrected chi connectivity index (χ1v) is 5.03. The van der Waals surface area contributed by atoms with Crippen molar-refractivity contribution in [2.24, 2.45) is 5.73 Å². The summed E-state index contributed by atoms with van der Waals surface area (Å²) >= 11 is 4.95. The quantitative estimate of drug-likeness (QED) is 0.641. The summed E-state index contributed by atoms with van der Waals surface area (Å²) in [4.78, 5) is 11.7. The van der Waals surface area contributed by atoms with Gasteiger partial charge < -0.3 is 15.8 Å². The smallest absolute Gasteiger partial charge is 0.246 e. The van der Waals surface area contributed by atoms with Crippen LogP contribution in [0.2, 0.25) is 0 Å². The molecule has 0 atom stereocenters. The van der Waals surface area contributed by atoms with Crippen LogP contribution in [0.25, 0.3) is 0 Å². The van der Waals surface area contributed by atoms with Gasteiger partial charge in [-0.15, -0.1) is 0 Å². The van der Waals surface area contributed by atoms with Gasteiger partial charge in [-0.05, 0) is 12.8 Å². The van der Waals surface area contributed by atoms with E-state index in [0.29, 0.717) is 17.8 Å². The number of nitrogens with two attached hydrogens (primary N) is 1. The number of methoxy groups -OCH3 is 1. The maximum absolute atomic E-state index is 11.3. The highest BCUT2D eigenvalue weighted by Gasteiger charge is 2.30. The molecule has 0 bridgehead atoms. The van der Waals surface area contributed by atoms with Crippen LogP contribution in [-0.2, 0) is 9.53 Å². The van der Waals surface area contributed by atoms with Crippen molar-refractivity contribution in [1.82, 2.24) is 5.32 Å². The number of carbonyl (C=O) groups is 1. The van der Waals surface area contributed by atoms with E-state index in [-0.39, 0.29) is 12.5 Å². The van der Waals surface area contributed by atoms with Crippen molar-refractivity contribution < 1.29 is 9.53 Å². The molecule has 0 saturated carbocycles. The van der Waals surface area contributed by atoms with E-state index in [9.17, 15) is 4.79 Å². The van der Waals surface area contributed by atoms with E-state index in [1.165, 1.54) is 7.11 Å². The highest BCUT2D eigenvalue weighted by molar-refractivity contribution is 7.80. The zero-order valence-corrected chi connectivity index (χ0v) is 9.74. The summed E-state index contributed by atoms with van der Waals surface area (Å²) in [6, 6.07) is 0. The first kappa shape index (κ1) is 13.3. The maximum Gasteiger partial charge on any atom is 0.246 e. The zero-order valence-electron chi connectivity index (χ0n) is 8.92. The Morgan fingerprint density at radius 1 is 1.50 bits per heavy atom. The molecule has 0 heterocycles. The van der Waals surface area contributed by atoms with Gasteiger partial charge in [0.05, 0.1) is 10.5 Å². The number of carbonyl (C=O) groups excluding carboxylic acids is 1. The number of hydrogen-bond donors (Lipinski definition) is 2. The normalized spacial score (nSPS) is 11.1. The molecule has 0 aromatic carbocycles. The molecule has 0 radical (unpaired) electrons. The van der Waals surface area contributed by atoms with E-state index in [1.54, 1.807) is 0 Å². The minimum atomic E-state index is -0.565. The van der Waals surface area contributed by atoms with Crippen LogP contribution in [0.3, 0.4) is 0 Å². The maximum atomic E-state index is 11.3. The Morgan fingerprint density at radius 3 is 2.29 bits per heavy atom. The summed E-state index contributed by atoms with van der Waals surface area (Å²) in [5.41, 5.74) is 5.05. The van der Waals surface area contributed by atoms with Gasteiger partial charge in [-0.25, -0.2) is 0 Å². The van der Waals surface area contributed by atoms with Crippen molar-refractivity contribution in [1.29, 1.82) is 0 Å². The molecule has 0 aliphatic carbocycles. The first-order valence-electron chi connectivity index (χ1n) is 4.62. The van der Waals surface area contributed by atoms with Crippen molar-refractivity contribution >= 4 is 23.1 Å². The Labute approximate surface area is 90.2 Å². The van der Waals surface area contributed by atoms with Crippen LogP contribution >= 0.6 is 12.2 Å². The molecule has 0 unspecified atom stereocenters. The third kappa shape index (κ3) is 3.23. The number of thiocarbonyl (C=S) groups is 1. The van der Waals surface area contributed by atoms with Crippen LogP contribution in [0.15, 0.2) is 0 Å². The number of rotatable bonds is 6. The second-order valence-corrected chi connectivity index (χ2v) is 3.57. The molecule has 14 heavy (non-hydrogen) atoms. The molecule has 82 valence electrons. The molecule has 0 spiro atoms. The lowest BCUT2D eigenvalue weighted by atomic mass is 9.93. The van der Waals surface area contributed by atoms with E-state index < -0.39 is 5.54 Å². The van der Waals surface area contributed by atoms with Crippen LogP contribution in [-0.4, -0.2) is 30.2 Å². The van der Waals surface area contributed by atoms with Gasteiger partial charge in [-0.1, -0.05) is 26.1 Å². The lowest BCUT2D eigenvalue weighted by molar-refractivity contribution is -0.126. The van der Waals surface area contributed by atoms with E-state index in [2.05, 4.69) is 5.32 Å². The van der Waals surface area contributed by atoms with Crippen LogP contribution < -0.4 is 11.1 Å². The van der Waals surface area contributed by atoms with E-state index in [0.717, 1.165) is 0 Å². The van der Waals surface area contributed by atoms with E-state index >= 15 is 0 Å². The third-order valence-corrected chi connectivity index (χ3v) is 2.72. The Bertz CT molecular complexity index is 215. The van der Waals surface area contributed by atoms with Crippen molar-refractivity contribution in [3.8, 4) is 0 Å². The largest absolute Gasteiger partial charge is 0.391 e. The molecule has 0 fully saturated rings. The lowest BCUT2D eigenvalue weighted by Crippen LogP contribution is -2.56. The minimum absolute atomic E-state index is 0.0321. The SMILES string of the molecule is CCC(CC)(NC(=O)COC)C(N)=S. The van der Waals surface area contributed by atoms with Crippen molar-refractivity contribution in [3.05, 3.63) is 0 Å². The predicted octanol–water partition coefficient (Wildman–Crippen LogP) is 0.594. The average molecular weight is 218 g/mol. The molecule has 0 aliphatic heterocycles. The number of ether oxygens (including phenoxy) is 1. The summed E-state index contributed by atoms with van der Waals surface area (Å²) in [7, 11) is 1.47. The standard InChI is InChI=1S/C9H18N2O2S/c1-4-9(5-2,8(10)14)11-7(12)6-13-3/h4-6H2,1-3H3,(H2,10,14)(H,11,12). The van der Waals surface area contributed by atoms with Crippen LogP contribution in [0.5, 0.6) is 0 Å². The van der Waals surface area contributed by atoms with Gasteiger partial charge in [0.1, 0.15) is 6.61 Å². The van der Waals surface area contributed by atoms with Crippen molar-refractivity contribution in [3.63, 3.8) is 0 Å². The van der Waals surface area contributed by atoms with Gasteiger partial charge in [-0.3, -0.25) is 4.79 Å². The minimum Gasteiger partial charge on any atom is -0.391 e. The van der Waals surface area contributed by atoms with Gasteiger partial charge >= 0.3 is 0 Å². The Kier molecular flexibility index (Phi) is 5.64. The molecule has 5 heteroatoms. The Hall–Kier alpha value is -0.680. The fraction of sp³-hybridized carbons (Fsp3) is 0.778. The number of amides is 1. The monoisotopic (exact) mass is 218 g/mol. The molecular formula is C9H18N2O2S. The first-order chi connectivity index (χ1) is 6.52. The molecule has 0 aromatic rings. The topological polar surface area (TPSA) is 64.3 Å². The molecule has 0 saturated heterocycles. The molecular weight excluding hydrogens is 200 g/mol. The molecule has 1 amide bonds. The molecule has 4 nitrogen and oxygen atoms in total. The Balaban J connectivity index is 4.51. The highest BCUT2D eigenvalue weighted by Crippen LogP contribution is 2.15. The summed E-state index contributed by atoms with van der Waals surface area (Å²) < 4.78 is 4.72. The second kappa shape index (κ2) is 5.93. The predicted molar refractivity (Wildman–Crippen MR) is 60.1 cm³/mol. The second-order valence-electron chi connectivity index (χ2n) is 3.13. The molecule has 0 aromatic heterocycles. The fourth-order valence-electron chi connectivity index (χ4n) is 1.27. The summed E-state index contributed by atoms with van der Waals surface area (Å²) in [6.45, 7) is 3.91. The lowest BCUT2D eigenvalue weighted by Gasteiger charge is -2.31. The van der Waals surface area contributed by atoms with Crippen LogP contribution in [0.1, 0.15) is 26.7 Å². The average Bonchev–Trinajstić information content (AvgIpc) is 2.14. The number of nitrogens with one attached hydrogen (secondary N) is 1. The summed E-state index contributed by atoms with van der Waals surface area (Å²) in [5.74, 6) is -0.191. The van der Waals surface area contributed by atoms with Crippen LogP contribution in [0.4, 0.5) is 0 Å². The zero-order chi connectivity index (χ0) is 11.2. The van der Waals surface area contributed by atoms with E-state index in [4.69, 9.17) is 22.7 Å². The highest BCUT2D eigenvalue weighted by atomic mass is 32.1. The molecule has 0 aliphatic rings. The van der Waals surface area contributed by atoms with Gasteiger partial charge in [0, 0.05) is 7.11 Å². The van der Waals surface area contributed by atoms with Gasteiger partial charge in [0.15, 0.2) is 0 Å². The fourth-order valence-corrected chi connectivity index (χ4v) is 1.61.